The minimum absolute atomic E-state index is 0.146. The summed E-state index contributed by atoms with van der Waals surface area (Å²) in [6, 6.07) is 5.64. The summed E-state index contributed by atoms with van der Waals surface area (Å²) in [6.45, 7) is 6.67. The van der Waals surface area contributed by atoms with E-state index in [0.29, 0.717) is 13.1 Å². The molecule has 1 heterocycles. The van der Waals surface area contributed by atoms with Crippen LogP contribution in [0.2, 0.25) is 0 Å². The van der Waals surface area contributed by atoms with Gasteiger partial charge in [-0.3, -0.25) is 0 Å². The van der Waals surface area contributed by atoms with Crippen LogP contribution in [0.1, 0.15) is 38.7 Å². The highest BCUT2D eigenvalue weighted by Crippen LogP contribution is 2.33. The lowest BCUT2D eigenvalue weighted by atomic mass is 9.85. The minimum Gasteiger partial charge on any atom is -0.497 e. The summed E-state index contributed by atoms with van der Waals surface area (Å²) in [5, 5.41) is 0. The lowest BCUT2D eigenvalue weighted by molar-refractivity contribution is 0.0186. The van der Waals surface area contributed by atoms with E-state index in [1.165, 1.54) is 0 Å². The third-order valence-electron chi connectivity index (χ3n) is 4.11. The Morgan fingerprint density at radius 1 is 1.17 bits per heavy atom. The highest BCUT2D eigenvalue weighted by Gasteiger charge is 2.32. The molecule has 0 aromatic heterocycles. The largest absolute Gasteiger partial charge is 0.497 e. The summed E-state index contributed by atoms with van der Waals surface area (Å²) in [5.74, 6) is 1.63. The lowest BCUT2D eigenvalue weighted by Crippen LogP contribution is -2.50. The van der Waals surface area contributed by atoms with Crippen LogP contribution in [0, 0.1) is 0 Å². The maximum absolute atomic E-state index is 12.2. The highest BCUT2D eigenvalue weighted by molar-refractivity contribution is 5.68. The Balaban J connectivity index is 2.10. The number of carbonyl (C=O) groups is 1. The van der Waals surface area contributed by atoms with Crippen molar-refractivity contribution in [2.75, 3.05) is 27.3 Å². The van der Waals surface area contributed by atoms with Crippen LogP contribution >= 0.6 is 0 Å². The molecule has 0 spiro atoms. The second-order valence-corrected chi connectivity index (χ2v) is 7.13. The maximum atomic E-state index is 12.2. The molecule has 6 nitrogen and oxygen atoms in total. The molecule has 0 aliphatic carbocycles. The number of benzene rings is 1. The molecule has 1 aliphatic heterocycles. The average molecular weight is 336 g/mol. The van der Waals surface area contributed by atoms with Gasteiger partial charge in [-0.15, -0.1) is 0 Å². The quantitative estimate of drug-likeness (QED) is 0.919. The van der Waals surface area contributed by atoms with Crippen LogP contribution in [-0.4, -0.2) is 49.9 Å². The number of hydrogen-bond donors (Lipinski definition) is 1. The minimum atomic E-state index is -0.502. The van der Waals surface area contributed by atoms with Crippen molar-refractivity contribution >= 4 is 6.09 Å². The molecule has 2 atom stereocenters. The van der Waals surface area contributed by atoms with Crippen LogP contribution in [0.5, 0.6) is 11.5 Å². The van der Waals surface area contributed by atoms with E-state index >= 15 is 0 Å². The summed E-state index contributed by atoms with van der Waals surface area (Å²) in [5.41, 5.74) is 6.92. The van der Waals surface area contributed by atoms with E-state index in [4.69, 9.17) is 19.9 Å². The van der Waals surface area contributed by atoms with Gasteiger partial charge >= 0.3 is 6.09 Å². The van der Waals surface area contributed by atoms with E-state index in [-0.39, 0.29) is 18.1 Å². The van der Waals surface area contributed by atoms with Crippen molar-refractivity contribution in [2.45, 2.75) is 44.8 Å². The Hall–Kier alpha value is -1.95. The molecule has 134 valence electrons. The van der Waals surface area contributed by atoms with Crippen LogP contribution in [0.25, 0.3) is 0 Å². The van der Waals surface area contributed by atoms with E-state index in [9.17, 15) is 4.79 Å². The molecular weight excluding hydrogens is 308 g/mol. The van der Waals surface area contributed by atoms with Crippen molar-refractivity contribution in [3.8, 4) is 11.5 Å². The van der Waals surface area contributed by atoms with Crippen molar-refractivity contribution < 1.29 is 19.0 Å². The van der Waals surface area contributed by atoms with Crippen LogP contribution in [0.15, 0.2) is 18.2 Å². The number of rotatable bonds is 3. The first-order valence-electron chi connectivity index (χ1n) is 8.20. The predicted octanol–water partition coefficient (Wildman–Crippen LogP) is 2.76. The van der Waals surface area contributed by atoms with E-state index in [2.05, 4.69) is 0 Å². The third kappa shape index (κ3) is 4.54. The summed E-state index contributed by atoms with van der Waals surface area (Å²) in [7, 11) is 3.26. The number of piperidine rings is 1. The smallest absolute Gasteiger partial charge is 0.410 e. The van der Waals surface area contributed by atoms with Gasteiger partial charge in [0, 0.05) is 31.1 Å². The second kappa shape index (κ2) is 7.30. The van der Waals surface area contributed by atoms with Crippen molar-refractivity contribution in [1.82, 2.24) is 4.90 Å². The number of carbonyl (C=O) groups excluding carboxylic acids is 1. The first-order valence-corrected chi connectivity index (χ1v) is 8.20. The van der Waals surface area contributed by atoms with Gasteiger partial charge in [0.2, 0.25) is 0 Å². The van der Waals surface area contributed by atoms with E-state index in [0.717, 1.165) is 23.5 Å². The third-order valence-corrected chi connectivity index (χ3v) is 4.11. The Morgan fingerprint density at radius 3 is 2.21 bits per heavy atom. The van der Waals surface area contributed by atoms with Gasteiger partial charge in [0.05, 0.1) is 14.2 Å². The average Bonchev–Trinajstić information content (AvgIpc) is 2.52. The van der Waals surface area contributed by atoms with Gasteiger partial charge in [-0.2, -0.15) is 0 Å². The maximum Gasteiger partial charge on any atom is 0.410 e. The predicted molar refractivity (Wildman–Crippen MR) is 92.7 cm³/mol. The van der Waals surface area contributed by atoms with Crippen molar-refractivity contribution in [3.63, 3.8) is 0 Å². The number of amides is 1. The Morgan fingerprint density at radius 2 is 1.75 bits per heavy atom. The van der Waals surface area contributed by atoms with Crippen molar-refractivity contribution in [2.24, 2.45) is 5.73 Å². The molecule has 1 amide bonds. The molecule has 24 heavy (non-hydrogen) atoms. The number of hydrogen-bond acceptors (Lipinski definition) is 5. The van der Waals surface area contributed by atoms with Gasteiger partial charge < -0.3 is 24.8 Å². The molecule has 1 aromatic rings. The number of ether oxygens (including phenoxy) is 3. The molecule has 1 aliphatic rings. The first-order chi connectivity index (χ1) is 11.2. The normalized spacial score (nSPS) is 21.3. The molecule has 0 bridgehead atoms. The zero-order chi connectivity index (χ0) is 17.9. The SMILES string of the molecule is COc1cc(OC)cc([C@@H]2CCN(C(=O)OC(C)(C)C)C[C@H]2N)c1. The molecular formula is C18H28N2O4. The highest BCUT2D eigenvalue weighted by atomic mass is 16.6. The summed E-state index contributed by atoms with van der Waals surface area (Å²) in [4.78, 5) is 13.9. The van der Waals surface area contributed by atoms with Crippen molar-refractivity contribution in [1.29, 1.82) is 0 Å². The van der Waals surface area contributed by atoms with Crippen LogP contribution in [0.3, 0.4) is 0 Å². The van der Waals surface area contributed by atoms with Gasteiger partial charge in [-0.25, -0.2) is 4.79 Å². The van der Waals surface area contributed by atoms with E-state index in [1.54, 1.807) is 19.1 Å². The fourth-order valence-electron chi connectivity index (χ4n) is 2.93. The molecule has 1 fully saturated rings. The van der Waals surface area contributed by atoms with Crippen LogP contribution in [0.4, 0.5) is 4.79 Å². The molecule has 0 saturated carbocycles. The standard InChI is InChI=1S/C18H28N2O4/c1-18(2,3)24-17(21)20-7-6-15(16(19)11-20)12-8-13(22-4)10-14(9-12)23-5/h8-10,15-16H,6-7,11,19H2,1-5H3/t15-,16+/m0/s1. The van der Waals surface area contributed by atoms with Gasteiger partial charge in [-0.1, -0.05) is 0 Å². The lowest BCUT2D eigenvalue weighted by Gasteiger charge is -2.37. The van der Waals surface area contributed by atoms with Gasteiger partial charge in [0.15, 0.2) is 0 Å². The van der Waals surface area contributed by atoms with E-state index in [1.807, 2.05) is 39.0 Å². The Bertz CT molecular complexity index is 561. The summed E-state index contributed by atoms with van der Waals surface area (Å²) >= 11 is 0. The molecule has 2 N–H and O–H groups in total. The Labute approximate surface area is 143 Å². The topological polar surface area (TPSA) is 74.0 Å². The first kappa shape index (κ1) is 18.4. The molecule has 0 radical (unpaired) electrons. The number of nitrogens with two attached hydrogens (primary N) is 1. The van der Waals surface area contributed by atoms with E-state index < -0.39 is 5.60 Å². The second-order valence-electron chi connectivity index (χ2n) is 7.13. The van der Waals surface area contributed by atoms with Crippen LogP contribution < -0.4 is 15.2 Å². The molecule has 1 aromatic carbocycles. The number of methoxy groups -OCH3 is 2. The van der Waals surface area contributed by atoms with Gasteiger partial charge in [-0.05, 0) is 44.9 Å². The molecule has 6 heteroatoms. The molecule has 1 saturated heterocycles. The number of nitrogens with zero attached hydrogens (tertiary/aromatic N) is 1. The molecule has 2 rings (SSSR count). The Kier molecular flexibility index (Phi) is 5.59. The molecule has 0 unspecified atom stereocenters. The zero-order valence-electron chi connectivity index (χ0n) is 15.2. The zero-order valence-corrected chi connectivity index (χ0v) is 15.2. The fraction of sp³-hybridized carbons (Fsp3) is 0.611. The summed E-state index contributed by atoms with van der Waals surface area (Å²) < 4.78 is 16.1. The summed E-state index contributed by atoms with van der Waals surface area (Å²) in [6.07, 6.45) is 0.469. The fourth-order valence-corrected chi connectivity index (χ4v) is 2.93. The van der Waals surface area contributed by atoms with Gasteiger partial charge in [0.1, 0.15) is 17.1 Å². The van der Waals surface area contributed by atoms with Gasteiger partial charge in [0.25, 0.3) is 0 Å². The van der Waals surface area contributed by atoms with Crippen molar-refractivity contribution in [3.05, 3.63) is 23.8 Å². The van der Waals surface area contributed by atoms with Crippen LogP contribution in [-0.2, 0) is 4.74 Å². The monoisotopic (exact) mass is 336 g/mol. The number of likely N-dealkylation sites (tertiary alicyclic amines) is 1.